The lowest BCUT2D eigenvalue weighted by molar-refractivity contribution is 0.402. The lowest BCUT2D eigenvalue weighted by atomic mass is 10.4. The van der Waals surface area contributed by atoms with E-state index in [9.17, 15) is 8.42 Å². The van der Waals surface area contributed by atoms with Gasteiger partial charge in [0.15, 0.2) is 0 Å². The van der Waals surface area contributed by atoms with Gasteiger partial charge in [0.2, 0.25) is 5.09 Å². The molecule has 6 nitrogen and oxygen atoms in total. The SMILES string of the molecule is NCCCNCc1ccc(S(N)(=O)=O)o1. The molecule has 0 aliphatic rings. The third-order valence-corrected chi connectivity index (χ3v) is 2.55. The Morgan fingerprint density at radius 3 is 2.67 bits per heavy atom. The van der Waals surface area contributed by atoms with Crippen LogP contribution in [0.1, 0.15) is 12.2 Å². The largest absolute Gasteiger partial charge is 0.447 e. The third-order valence-electron chi connectivity index (χ3n) is 1.77. The van der Waals surface area contributed by atoms with Gasteiger partial charge < -0.3 is 15.5 Å². The van der Waals surface area contributed by atoms with Crippen molar-refractivity contribution < 1.29 is 12.8 Å². The van der Waals surface area contributed by atoms with E-state index in [1.165, 1.54) is 6.07 Å². The molecule has 1 aromatic heterocycles. The molecule has 0 radical (unpaired) electrons. The molecule has 0 saturated carbocycles. The van der Waals surface area contributed by atoms with Crippen molar-refractivity contribution >= 4 is 10.0 Å². The predicted octanol–water partition coefficient (Wildman–Crippen LogP) is -0.635. The molecule has 5 N–H and O–H groups in total. The minimum Gasteiger partial charge on any atom is -0.447 e. The molecule has 86 valence electrons. The molecular formula is C8H15N3O3S. The van der Waals surface area contributed by atoms with E-state index in [4.69, 9.17) is 15.3 Å². The molecule has 1 aromatic rings. The van der Waals surface area contributed by atoms with E-state index in [0.717, 1.165) is 13.0 Å². The molecule has 0 aliphatic heterocycles. The van der Waals surface area contributed by atoms with Crippen LogP contribution in [0, 0.1) is 0 Å². The molecule has 0 aliphatic carbocycles. The maximum Gasteiger partial charge on any atom is 0.271 e. The van der Waals surface area contributed by atoms with Crippen LogP contribution in [0.4, 0.5) is 0 Å². The number of sulfonamides is 1. The summed E-state index contributed by atoms with van der Waals surface area (Å²) in [5, 5.41) is 7.74. The molecule has 0 spiro atoms. The highest BCUT2D eigenvalue weighted by Crippen LogP contribution is 2.11. The summed E-state index contributed by atoms with van der Waals surface area (Å²) in [5.41, 5.74) is 5.31. The van der Waals surface area contributed by atoms with Gasteiger partial charge in [-0.25, -0.2) is 13.6 Å². The molecule has 0 atom stereocenters. The molecule has 1 rings (SSSR count). The number of nitrogens with one attached hydrogen (secondary N) is 1. The van der Waals surface area contributed by atoms with Gasteiger partial charge in [0.1, 0.15) is 5.76 Å². The maximum atomic E-state index is 10.9. The van der Waals surface area contributed by atoms with Gasteiger partial charge in [-0.3, -0.25) is 0 Å². The Balaban J connectivity index is 2.47. The molecule has 7 heteroatoms. The highest BCUT2D eigenvalue weighted by Gasteiger charge is 2.12. The van der Waals surface area contributed by atoms with Crippen molar-refractivity contribution in [3.05, 3.63) is 17.9 Å². The monoisotopic (exact) mass is 233 g/mol. The van der Waals surface area contributed by atoms with Crippen molar-refractivity contribution in [2.75, 3.05) is 13.1 Å². The Morgan fingerprint density at radius 2 is 2.13 bits per heavy atom. The van der Waals surface area contributed by atoms with Gasteiger partial charge in [-0.05, 0) is 31.6 Å². The van der Waals surface area contributed by atoms with Crippen molar-refractivity contribution in [1.29, 1.82) is 0 Å². The predicted molar refractivity (Wildman–Crippen MR) is 55.5 cm³/mol. The first-order valence-corrected chi connectivity index (χ1v) is 6.11. The summed E-state index contributed by atoms with van der Waals surface area (Å²) in [7, 11) is -3.73. The van der Waals surface area contributed by atoms with Gasteiger partial charge in [-0.2, -0.15) is 0 Å². The molecule has 0 saturated heterocycles. The zero-order chi connectivity index (χ0) is 11.3. The number of hydrogen-bond acceptors (Lipinski definition) is 5. The first-order valence-electron chi connectivity index (χ1n) is 4.56. The van der Waals surface area contributed by atoms with E-state index < -0.39 is 10.0 Å². The standard InChI is InChI=1S/C8H15N3O3S/c9-4-1-5-11-6-7-2-3-8(14-7)15(10,12)13/h2-3,11H,1,4-6,9H2,(H2,10,12,13). The molecule has 1 heterocycles. The average molecular weight is 233 g/mol. The van der Waals surface area contributed by atoms with Crippen LogP contribution in [0.3, 0.4) is 0 Å². The van der Waals surface area contributed by atoms with E-state index in [1.54, 1.807) is 6.07 Å². The van der Waals surface area contributed by atoms with Crippen LogP contribution in [0.5, 0.6) is 0 Å². The van der Waals surface area contributed by atoms with Crippen molar-refractivity contribution in [3.8, 4) is 0 Å². The first kappa shape index (κ1) is 12.2. The molecule has 0 fully saturated rings. The Bertz CT molecular complexity index is 399. The molecular weight excluding hydrogens is 218 g/mol. The van der Waals surface area contributed by atoms with Gasteiger partial charge in [-0.1, -0.05) is 0 Å². The van der Waals surface area contributed by atoms with E-state index >= 15 is 0 Å². The average Bonchev–Trinajstić information content (AvgIpc) is 2.60. The fourth-order valence-electron chi connectivity index (χ4n) is 1.04. The zero-order valence-corrected chi connectivity index (χ0v) is 9.09. The van der Waals surface area contributed by atoms with Crippen LogP contribution >= 0.6 is 0 Å². The van der Waals surface area contributed by atoms with Crippen molar-refractivity contribution in [3.63, 3.8) is 0 Å². The Labute approximate surface area is 88.7 Å². The summed E-state index contributed by atoms with van der Waals surface area (Å²) in [4.78, 5) is 0. The summed E-state index contributed by atoms with van der Waals surface area (Å²) >= 11 is 0. The Hall–Kier alpha value is -0.890. The van der Waals surface area contributed by atoms with Crippen LogP contribution in [0.25, 0.3) is 0 Å². The Kier molecular flexibility index (Phi) is 4.28. The van der Waals surface area contributed by atoms with Gasteiger partial charge in [0.25, 0.3) is 10.0 Å². The third kappa shape index (κ3) is 4.00. The molecule has 0 unspecified atom stereocenters. The minimum absolute atomic E-state index is 0.210. The lowest BCUT2D eigenvalue weighted by Gasteiger charge is -2.00. The number of hydrogen-bond donors (Lipinski definition) is 3. The van der Waals surface area contributed by atoms with Gasteiger partial charge in [0.05, 0.1) is 6.54 Å². The molecule has 0 bridgehead atoms. The number of primary sulfonamides is 1. The minimum atomic E-state index is -3.73. The van der Waals surface area contributed by atoms with Crippen LogP contribution < -0.4 is 16.2 Å². The second-order valence-corrected chi connectivity index (χ2v) is 4.58. The summed E-state index contributed by atoms with van der Waals surface area (Å²) in [6.07, 6.45) is 0.864. The number of rotatable bonds is 6. The Morgan fingerprint density at radius 1 is 1.40 bits per heavy atom. The molecule has 15 heavy (non-hydrogen) atoms. The highest BCUT2D eigenvalue weighted by molar-refractivity contribution is 7.89. The van der Waals surface area contributed by atoms with Gasteiger partial charge in [0, 0.05) is 0 Å². The molecule has 0 aromatic carbocycles. The number of nitrogens with two attached hydrogens (primary N) is 2. The summed E-state index contributed by atoms with van der Waals surface area (Å²) in [5.74, 6) is 0.538. The summed E-state index contributed by atoms with van der Waals surface area (Å²) < 4.78 is 26.8. The van der Waals surface area contributed by atoms with E-state index in [-0.39, 0.29) is 5.09 Å². The number of furan rings is 1. The van der Waals surface area contributed by atoms with Gasteiger partial charge >= 0.3 is 0 Å². The molecule has 0 amide bonds. The van der Waals surface area contributed by atoms with E-state index in [2.05, 4.69) is 5.32 Å². The maximum absolute atomic E-state index is 10.9. The second kappa shape index (κ2) is 5.26. The first-order chi connectivity index (χ1) is 7.04. The summed E-state index contributed by atoms with van der Waals surface area (Å²) in [6, 6.07) is 2.92. The van der Waals surface area contributed by atoms with E-state index in [1.807, 2.05) is 0 Å². The fourth-order valence-corrected chi connectivity index (χ4v) is 1.53. The second-order valence-electron chi connectivity index (χ2n) is 3.08. The topological polar surface area (TPSA) is 111 Å². The quantitative estimate of drug-likeness (QED) is 0.566. The smallest absolute Gasteiger partial charge is 0.271 e. The van der Waals surface area contributed by atoms with Crippen LogP contribution in [0.2, 0.25) is 0 Å². The van der Waals surface area contributed by atoms with Crippen LogP contribution in [-0.2, 0) is 16.6 Å². The van der Waals surface area contributed by atoms with Crippen LogP contribution in [-0.4, -0.2) is 21.5 Å². The summed E-state index contributed by atoms with van der Waals surface area (Å²) in [6.45, 7) is 1.85. The fraction of sp³-hybridized carbons (Fsp3) is 0.500. The highest BCUT2D eigenvalue weighted by atomic mass is 32.2. The van der Waals surface area contributed by atoms with Crippen molar-refractivity contribution in [2.45, 2.75) is 18.1 Å². The lowest BCUT2D eigenvalue weighted by Crippen LogP contribution is -2.17. The van der Waals surface area contributed by atoms with E-state index in [0.29, 0.717) is 18.8 Å². The van der Waals surface area contributed by atoms with Crippen molar-refractivity contribution in [1.82, 2.24) is 5.32 Å². The normalized spacial score (nSPS) is 11.9. The van der Waals surface area contributed by atoms with Crippen LogP contribution in [0.15, 0.2) is 21.6 Å². The van der Waals surface area contributed by atoms with Crippen molar-refractivity contribution in [2.24, 2.45) is 10.9 Å². The zero-order valence-electron chi connectivity index (χ0n) is 8.27. The van der Waals surface area contributed by atoms with Gasteiger partial charge in [-0.15, -0.1) is 0 Å².